The molecule has 1 aliphatic carbocycles. The molecule has 1 N–H and O–H groups in total. The van der Waals surface area contributed by atoms with E-state index in [9.17, 15) is 22.8 Å². The lowest BCUT2D eigenvalue weighted by atomic mass is 9.74. The number of alkyl halides is 3. The molecule has 5 rings (SSSR count). The van der Waals surface area contributed by atoms with Crippen molar-refractivity contribution >= 4 is 5.91 Å². The topological polar surface area (TPSA) is 78.8 Å². The van der Waals surface area contributed by atoms with Gasteiger partial charge < -0.3 is 19.1 Å². The maximum Gasteiger partial charge on any atom is 0.416 e. The number of halogens is 3. The van der Waals surface area contributed by atoms with E-state index < -0.39 is 17.2 Å². The van der Waals surface area contributed by atoms with E-state index in [0.717, 1.165) is 57.3 Å². The lowest BCUT2D eigenvalue weighted by Crippen LogP contribution is -2.49. The standard InChI is InChI=1S/C26H32F3N3O4/c1-16(2)25(24(34)32-14-18-11-19(26(27,28)29)3-4-21(18)35-15-32)8-5-20(13-25)31-9-6-17(7-10-31)22-12-23(33)30-36-22/h3-4,11-12,16-17,20H,5-10,13-15H2,1-2H3,(H,30,33)/t20-,25?/m1/s1. The number of ether oxygens (including phenoxy) is 1. The van der Waals surface area contributed by atoms with Crippen molar-refractivity contribution < 1.29 is 27.2 Å². The number of H-pyrrole nitrogens is 1. The molecule has 196 valence electrons. The number of amides is 1. The van der Waals surface area contributed by atoms with E-state index >= 15 is 0 Å². The van der Waals surface area contributed by atoms with E-state index in [1.54, 1.807) is 4.90 Å². The molecular formula is C26H32F3N3O4. The Hall–Kier alpha value is -2.75. The number of benzene rings is 1. The molecule has 0 bridgehead atoms. The van der Waals surface area contributed by atoms with Crippen LogP contribution in [0.1, 0.15) is 68.8 Å². The second kappa shape index (κ2) is 9.28. The molecule has 2 fully saturated rings. The van der Waals surface area contributed by atoms with Gasteiger partial charge in [0.15, 0.2) is 6.73 Å². The van der Waals surface area contributed by atoms with Crippen LogP contribution in [-0.4, -0.2) is 46.7 Å². The van der Waals surface area contributed by atoms with Gasteiger partial charge in [-0.25, -0.2) is 0 Å². The summed E-state index contributed by atoms with van der Waals surface area (Å²) in [7, 11) is 0. The van der Waals surface area contributed by atoms with Gasteiger partial charge in [0.05, 0.1) is 17.5 Å². The van der Waals surface area contributed by atoms with E-state index in [2.05, 4.69) is 23.9 Å². The molecule has 1 saturated heterocycles. The van der Waals surface area contributed by atoms with Gasteiger partial charge in [0.2, 0.25) is 5.91 Å². The van der Waals surface area contributed by atoms with Crippen LogP contribution in [0.2, 0.25) is 0 Å². The van der Waals surface area contributed by atoms with Crippen LogP contribution in [0.4, 0.5) is 13.2 Å². The van der Waals surface area contributed by atoms with E-state index in [1.807, 2.05) is 0 Å². The minimum absolute atomic E-state index is 0.0351. The van der Waals surface area contributed by atoms with Crippen LogP contribution >= 0.6 is 0 Å². The van der Waals surface area contributed by atoms with Gasteiger partial charge in [0.1, 0.15) is 11.5 Å². The highest BCUT2D eigenvalue weighted by Gasteiger charge is 2.51. The number of hydrogen-bond acceptors (Lipinski definition) is 5. The summed E-state index contributed by atoms with van der Waals surface area (Å²) in [6, 6.07) is 5.23. The Balaban J connectivity index is 1.27. The molecule has 1 saturated carbocycles. The van der Waals surface area contributed by atoms with E-state index in [0.29, 0.717) is 17.1 Å². The monoisotopic (exact) mass is 507 g/mol. The highest BCUT2D eigenvalue weighted by Crippen LogP contribution is 2.49. The number of likely N-dealkylation sites (tertiary alicyclic amines) is 1. The number of nitrogens with zero attached hydrogens (tertiary/aromatic N) is 2. The van der Waals surface area contributed by atoms with Crippen molar-refractivity contribution in [3.8, 4) is 5.75 Å². The molecule has 10 heteroatoms. The van der Waals surface area contributed by atoms with Gasteiger partial charge in [-0.05, 0) is 69.3 Å². The summed E-state index contributed by atoms with van der Waals surface area (Å²) < 4.78 is 50.7. The molecule has 1 aromatic heterocycles. The second-order valence-corrected chi connectivity index (χ2v) is 10.7. The summed E-state index contributed by atoms with van der Waals surface area (Å²) in [5.74, 6) is 1.37. The van der Waals surface area contributed by atoms with Gasteiger partial charge in [0.25, 0.3) is 5.56 Å². The van der Waals surface area contributed by atoms with Gasteiger partial charge in [0, 0.05) is 23.6 Å². The summed E-state index contributed by atoms with van der Waals surface area (Å²) in [4.78, 5) is 29.3. The molecule has 1 unspecified atom stereocenters. The molecule has 7 nitrogen and oxygen atoms in total. The van der Waals surface area contributed by atoms with Gasteiger partial charge in [-0.1, -0.05) is 13.8 Å². The minimum Gasteiger partial charge on any atom is -0.473 e. The van der Waals surface area contributed by atoms with Crippen molar-refractivity contribution in [3.63, 3.8) is 0 Å². The Morgan fingerprint density at radius 1 is 1.17 bits per heavy atom. The number of piperidine rings is 1. The van der Waals surface area contributed by atoms with Crippen molar-refractivity contribution in [3.05, 3.63) is 51.5 Å². The highest BCUT2D eigenvalue weighted by atomic mass is 19.4. The molecule has 0 radical (unpaired) electrons. The molecular weight excluding hydrogens is 475 g/mol. The summed E-state index contributed by atoms with van der Waals surface area (Å²) in [5.41, 5.74) is -1.14. The molecule has 3 aliphatic rings. The second-order valence-electron chi connectivity index (χ2n) is 10.7. The van der Waals surface area contributed by atoms with Crippen LogP contribution in [0, 0.1) is 11.3 Å². The Morgan fingerprint density at radius 3 is 2.56 bits per heavy atom. The number of carbonyl (C=O) groups is 1. The first-order valence-electron chi connectivity index (χ1n) is 12.6. The predicted octanol–water partition coefficient (Wildman–Crippen LogP) is 4.74. The van der Waals surface area contributed by atoms with Gasteiger partial charge in [-0.15, -0.1) is 0 Å². The Labute approximate surface area is 207 Å². The van der Waals surface area contributed by atoms with Gasteiger partial charge in [-0.2, -0.15) is 18.3 Å². The first-order chi connectivity index (χ1) is 17.1. The fourth-order valence-electron chi connectivity index (χ4n) is 6.24. The molecule has 3 heterocycles. The van der Waals surface area contributed by atoms with Crippen molar-refractivity contribution in [2.45, 2.75) is 70.6 Å². The highest BCUT2D eigenvalue weighted by molar-refractivity contribution is 5.83. The fourth-order valence-corrected chi connectivity index (χ4v) is 6.24. The summed E-state index contributed by atoms with van der Waals surface area (Å²) in [6.45, 7) is 6.01. The van der Waals surface area contributed by atoms with Crippen LogP contribution in [0.3, 0.4) is 0 Å². The Bertz CT molecular complexity index is 1170. The third-order valence-corrected chi connectivity index (χ3v) is 8.46. The smallest absolute Gasteiger partial charge is 0.416 e. The van der Waals surface area contributed by atoms with Crippen LogP contribution in [0.25, 0.3) is 0 Å². The molecule has 1 amide bonds. The molecule has 2 atom stereocenters. The minimum atomic E-state index is -4.45. The summed E-state index contributed by atoms with van der Waals surface area (Å²) >= 11 is 0. The molecule has 2 aromatic rings. The van der Waals surface area contributed by atoms with Crippen molar-refractivity contribution in [1.82, 2.24) is 15.0 Å². The average molecular weight is 508 g/mol. The van der Waals surface area contributed by atoms with Gasteiger partial charge in [-0.3, -0.25) is 9.59 Å². The normalized spacial score (nSPS) is 25.7. The quantitative estimate of drug-likeness (QED) is 0.647. The molecule has 36 heavy (non-hydrogen) atoms. The van der Waals surface area contributed by atoms with E-state index in [4.69, 9.17) is 9.26 Å². The number of aromatic nitrogens is 1. The SMILES string of the molecule is CC(C)C1(C(=O)N2COc3ccc(C(F)(F)F)cc3C2)CC[C@@H](N2CCC(c3cc(=O)[nH]o3)CC2)C1. The van der Waals surface area contributed by atoms with E-state index in [1.165, 1.54) is 12.1 Å². The van der Waals surface area contributed by atoms with Gasteiger partial charge >= 0.3 is 6.18 Å². The number of nitrogens with one attached hydrogen (secondary N) is 1. The Morgan fingerprint density at radius 2 is 1.92 bits per heavy atom. The first kappa shape index (κ1) is 24.9. The number of fused-ring (bicyclic) bond motifs is 1. The predicted molar refractivity (Wildman–Crippen MR) is 125 cm³/mol. The van der Waals surface area contributed by atoms with Crippen molar-refractivity contribution in [1.29, 1.82) is 0 Å². The fraction of sp³-hybridized carbons (Fsp3) is 0.615. The third kappa shape index (κ3) is 4.55. The summed E-state index contributed by atoms with van der Waals surface area (Å²) in [5, 5.41) is 2.36. The maximum absolute atomic E-state index is 13.9. The number of aromatic amines is 1. The zero-order valence-corrected chi connectivity index (χ0v) is 20.6. The number of rotatable bonds is 4. The van der Waals surface area contributed by atoms with E-state index in [-0.39, 0.29) is 42.6 Å². The van der Waals surface area contributed by atoms with Crippen LogP contribution in [0.5, 0.6) is 5.75 Å². The summed E-state index contributed by atoms with van der Waals surface area (Å²) in [6.07, 6.45) is -0.307. The maximum atomic E-state index is 13.9. The van der Waals surface area contributed by atoms with Crippen molar-refractivity contribution in [2.24, 2.45) is 11.3 Å². The molecule has 2 aliphatic heterocycles. The van der Waals surface area contributed by atoms with Crippen LogP contribution in [-0.2, 0) is 17.5 Å². The number of carbonyl (C=O) groups excluding carboxylic acids is 1. The lowest BCUT2D eigenvalue weighted by Gasteiger charge is -2.41. The average Bonchev–Trinajstić information content (AvgIpc) is 3.50. The molecule has 1 aromatic carbocycles. The van der Waals surface area contributed by atoms with Crippen LogP contribution < -0.4 is 10.3 Å². The Kier molecular flexibility index (Phi) is 6.43. The zero-order chi connectivity index (χ0) is 25.7. The largest absolute Gasteiger partial charge is 0.473 e. The zero-order valence-electron chi connectivity index (χ0n) is 20.6. The molecule has 0 spiro atoms. The van der Waals surface area contributed by atoms with Crippen LogP contribution in [0.15, 0.2) is 33.6 Å². The number of hydrogen-bond donors (Lipinski definition) is 1. The first-order valence-corrected chi connectivity index (χ1v) is 12.6. The lowest BCUT2D eigenvalue weighted by molar-refractivity contribution is -0.150. The third-order valence-electron chi connectivity index (χ3n) is 8.46. The van der Waals surface area contributed by atoms with Crippen molar-refractivity contribution in [2.75, 3.05) is 19.8 Å².